The van der Waals surface area contributed by atoms with Crippen LogP contribution in [0, 0.1) is 11.3 Å². The number of nitrogens with one attached hydrogen (secondary N) is 3. The summed E-state index contributed by atoms with van der Waals surface area (Å²) in [7, 11) is 1.40. The summed E-state index contributed by atoms with van der Waals surface area (Å²) >= 11 is 0. The molecule has 7 heteroatoms. The smallest absolute Gasteiger partial charge is 0.320 e. The normalized spacial score (nSPS) is 16.4. The van der Waals surface area contributed by atoms with Gasteiger partial charge in [-0.2, -0.15) is 0 Å². The first-order valence-corrected chi connectivity index (χ1v) is 7.97. The van der Waals surface area contributed by atoms with E-state index in [9.17, 15) is 4.79 Å². The summed E-state index contributed by atoms with van der Waals surface area (Å²) in [6.07, 6.45) is 7.52. The monoisotopic (exact) mass is 319 g/mol. The Labute approximate surface area is 136 Å². The average molecular weight is 319 g/mol. The molecule has 23 heavy (non-hydrogen) atoms. The number of ether oxygens (including phenoxy) is 1. The van der Waals surface area contributed by atoms with Crippen molar-refractivity contribution >= 4 is 23.4 Å². The number of nitrogen functional groups attached to an aromatic ring is 1. The quantitative estimate of drug-likeness (QED) is 0.504. The molecule has 1 aromatic heterocycles. The number of nitrogens with two attached hydrogens (primary N) is 1. The zero-order valence-electron chi connectivity index (χ0n) is 13.7. The molecular weight excluding hydrogens is 294 g/mol. The van der Waals surface area contributed by atoms with Crippen LogP contribution in [0.25, 0.3) is 0 Å². The van der Waals surface area contributed by atoms with Gasteiger partial charge in [0.2, 0.25) is 5.90 Å². The van der Waals surface area contributed by atoms with Gasteiger partial charge in [0.25, 0.3) is 0 Å². The number of aromatic nitrogens is 1. The number of nitrogens with zero attached hydrogens (tertiary/aromatic N) is 1. The van der Waals surface area contributed by atoms with Gasteiger partial charge in [-0.3, -0.25) is 10.7 Å². The molecule has 1 heterocycles. The average Bonchev–Trinajstić information content (AvgIpc) is 2.55. The predicted molar refractivity (Wildman–Crippen MR) is 90.7 cm³/mol. The minimum Gasteiger partial charge on any atom is -0.481 e. The molecule has 0 aliphatic heterocycles. The summed E-state index contributed by atoms with van der Waals surface area (Å²) in [6, 6.07) is 1.37. The van der Waals surface area contributed by atoms with Crippen molar-refractivity contribution in [3.63, 3.8) is 0 Å². The molecule has 7 nitrogen and oxygen atoms in total. The molecule has 0 saturated heterocycles. The molecule has 5 N–H and O–H groups in total. The van der Waals surface area contributed by atoms with Gasteiger partial charge in [-0.05, 0) is 25.7 Å². The van der Waals surface area contributed by atoms with Crippen LogP contribution in [0.15, 0.2) is 12.3 Å². The van der Waals surface area contributed by atoms with Crippen molar-refractivity contribution in [1.29, 1.82) is 5.41 Å². The lowest BCUT2D eigenvalue weighted by Gasteiger charge is -2.28. The topological polar surface area (TPSA) is 113 Å². The van der Waals surface area contributed by atoms with Crippen LogP contribution < -0.4 is 16.4 Å². The molecule has 0 bridgehead atoms. The van der Waals surface area contributed by atoms with Crippen LogP contribution in [0.3, 0.4) is 0 Å². The number of pyridine rings is 1. The van der Waals surface area contributed by atoms with Gasteiger partial charge in [0.15, 0.2) is 0 Å². The van der Waals surface area contributed by atoms with E-state index in [-0.39, 0.29) is 18.0 Å². The van der Waals surface area contributed by atoms with E-state index in [1.54, 1.807) is 0 Å². The number of methoxy groups -OCH3 is 1. The molecule has 0 radical (unpaired) electrons. The molecule has 1 aliphatic carbocycles. The molecule has 1 fully saturated rings. The van der Waals surface area contributed by atoms with Crippen molar-refractivity contribution in [2.75, 3.05) is 18.2 Å². The third-order valence-electron chi connectivity index (χ3n) is 4.34. The van der Waals surface area contributed by atoms with Gasteiger partial charge in [-0.25, -0.2) is 9.78 Å². The Morgan fingerprint density at radius 2 is 2.13 bits per heavy atom. The summed E-state index contributed by atoms with van der Waals surface area (Å²) in [5.41, 5.74) is 6.59. The molecule has 0 spiro atoms. The summed E-state index contributed by atoms with van der Waals surface area (Å²) in [5.74, 6) is 0.831. The van der Waals surface area contributed by atoms with Crippen molar-refractivity contribution in [2.24, 2.45) is 5.92 Å². The molecule has 0 unspecified atom stereocenters. The molecule has 0 aromatic carbocycles. The minimum absolute atomic E-state index is 0.0584. The second-order valence-corrected chi connectivity index (χ2v) is 5.98. The molecule has 126 valence electrons. The molecule has 1 aromatic rings. The summed E-state index contributed by atoms with van der Waals surface area (Å²) in [5, 5.41) is 13.2. The summed E-state index contributed by atoms with van der Waals surface area (Å²) in [4.78, 5) is 16.2. The first-order valence-electron chi connectivity index (χ1n) is 7.97. The predicted octanol–water partition coefficient (Wildman–Crippen LogP) is 2.73. The number of rotatable bonds is 4. The van der Waals surface area contributed by atoms with Crippen LogP contribution >= 0.6 is 0 Å². The van der Waals surface area contributed by atoms with E-state index in [1.165, 1.54) is 51.5 Å². The standard InChI is InChI=1S/C16H25N5O2/c1-10(11-6-4-3-5-7-11)20-16(22)21-14-8-13(17)12(9-19-14)15(18)23-2/h8-11,18H,3-7H2,1-2H3,(H4,17,19,20,21,22)/t10-/m1/s1. The highest BCUT2D eigenvalue weighted by Gasteiger charge is 2.21. The second-order valence-electron chi connectivity index (χ2n) is 5.98. The Balaban J connectivity index is 1.92. The number of urea groups is 1. The molecule has 1 aliphatic rings. The fourth-order valence-corrected chi connectivity index (χ4v) is 2.95. The van der Waals surface area contributed by atoms with Gasteiger partial charge in [0.1, 0.15) is 5.82 Å². The maximum absolute atomic E-state index is 12.1. The number of hydrogen-bond donors (Lipinski definition) is 4. The third-order valence-corrected chi connectivity index (χ3v) is 4.34. The van der Waals surface area contributed by atoms with Gasteiger partial charge < -0.3 is 15.8 Å². The zero-order chi connectivity index (χ0) is 16.8. The Kier molecular flexibility index (Phi) is 5.78. The van der Waals surface area contributed by atoms with E-state index in [2.05, 4.69) is 15.6 Å². The maximum Gasteiger partial charge on any atom is 0.320 e. The minimum atomic E-state index is -0.287. The second kappa shape index (κ2) is 7.80. The van der Waals surface area contributed by atoms with Crippen LogP contribution in [-0.2, 0) is 4.74 Å². The van der Waals surface area contributed by atoms with Crippen molar-refractivity contribution in [1.82, 2.24) is 10.3 Å². The van der Waals surface area contributed by atoms with Gasteiger partial charge in [0.05, 0.1) is 12.7 Å². The molecule has 2 amide bonds. The summed E-state index contributed by atoms with van der Waals surface area (Å²) < 4.78 is 4.82. The van der Waals surface area contributed by atoms with E-state index >= 15 is 0 Å². The lowest BCUT2D eigenvalue weighted by Crippen LogP contribution is -2.41. The SMILES string of the molecule is COC(=N)c1cnc(NC(=O)N[C@H](C)C2CCCCC2)cc1N. The lowest BCUT2D eigenvalue weighted by molar-refractivity contribution is 0.235. The first-order chi connectivity index (χ1) is 11.0. The van der Waals surface area contributed by atoms with E-state index in [0.717, 1.165) is 0 Å². The molecule has 1 atom stereocenters. The Morgan fingerprint density at radius 3 is 2.74 bits per heavy atom. The Hall–Kier alpha value is -2.31. The van der Waals surface area contributed by atoms with Crippen LogP contribution in [0.5, 0.6) is 0 Å². The molecular formula is C16H25N5O2. The number of carbonyl (C=O) groups is 1. The molecule has 1 saturated carbocycles. The lowest BCUT2D eigenvalue weighted by atomic mass is 9.85. The zero-order valence-corrected chi connectivity index (χ0v) is 13.7. The highest BCUT2D eigenvalue weighted by atomic mass is 16.5. The van der Waals surface area contributed by atoms with Crippen LogP contribution in [0.4, 0.5) is 16.3 Å². The Morgan fingerprint density at radius 1 is 1.43 bits per heavy atom. The van der Waals surface area contributed by atoms with E-state index in [1.807, 2.05) is 6.92 Å². The van der Waals surface area contributed by atoms with Crippen molar-refractivity contribution in [2.45, 2.75) is 45.1 Å². The third kappa shape index (κ3) is 4.58. The van der Waals surface area contributed by atoms with Gasteiger partial charge in [-0.1, -0.05) is 19.3 Å². The highest BCUT2D eigenvalue weighted by Crippen LogP contribution is 2.26. The highest BCUT2D eigenvalue weighted by molar-refractivity contribution is 5.97. The van der Waals surface area contributed by atoms with E-state index in [4.69, 9.17) is 15.9 Å². The number of amides is 2. The van der Waals surface area contributed by atoms with Crippen molar-refractivity contribution in [3.05, 3.63) is 17.8 Å². The number of anilines is 2. The van der Waals surface area contributed by atoms with E-state index in [0.29, 0.717) is 23.0 Å². The fourth-order valence-electron chi connectivity index (χ4n) is 2.95. The van der Waals surface area contributed by atoms with Gasteiger partial charge in [0, 0.05) is 24.0 Å². The largest absolute Gasteiger partial charge is 0.481 e. The fraction of sp³-hybridized carbons (Fsp3) is 0.562. The van der Waals surface area contributed by atoms with Crippen LogP contribution in [0.2, 0.25) is 0 Å². The van der Waals surface area contributed by atoms with Gasteiger partial charge >= 0.3 is 6.03 Å². The van der Waals surface area contributed by atoms with Crippen molar-refractivity contribution < 1.29 is 9.53 Å². The van der Waals surface area contributed by atoms with Crippen LogP contribution in [-0.4, -0.2) is 30.1 Å². The number of carbonyl (C=O) groups excluding carboxylic acids is 1. The molecule has 2 rings (SSSR count). The Bertz CT molecular complexity index is 570. The van der Waals surface area contributed by atoms with Gasteiger partial charge in [-0.15, -0.1) is 0 Å². The number of hydrogen-bond acceptors (Lipinski definition) is 5. The van der Waals surface area contributed by atoms with Crippen molar-refractivity contribution in [3.8, 4) is 0 Å². The maximum atomic E-state index is 12.1. The summed E-state index contributed by atoms with van der Waals surface area (Å²) in [6.45, 7) is 2.04. The van der Waals surface area contributed by atoms with Crippen LogP contribution in [0.1, 0.15) is 44.6 Å². The van der Waals surface area contributed by atoms with E-state index < -0.39 is 0 Å². The first kappa shape index (κ1) is 17.1.